The monoisotopic (exact) mass is 833 g/mol. The first kappa shape index (κ1) is 43.5. The van der Waals surface area contributed by atoms with Gasteiger partial charge in [-0.15, -0.1) is 5.69 Å². The van der Waals surface area contributed by atoms with Crippen LogP contribution in [0.4, 0.5) is 11.4 Å². The molecule has 2 aromatic rings. The number of hydrogen-bond acceptors (Lipinski definition) is 9. The summed E-state index contributed by atoms with van der Waals surface area (Å²) in [6, 6.07) is 7.08. The van der Waals surface area contributed by atoms with Crippen LogP contribution >= 0.6 is 11.8 Å². The maximum Gasteiger partial charge on any atom is 0.256 e. The standard InChI is InChI=1S/C35H42N4O5.C6H11O2S.Y/c1-5-23-14-25-18-36-28-16-31(21(3)12-26(28)34(41)38(25)19-23)43-10-8-7-9-11-44-32-17-29-27(13-22(32)4)35(42)39-20-24(6-2)15-30(39)33(40)37-29;1-6(2,9-3)4-8-5-7;/h5-6,12-13,16-18,25,30,33,40H,7-11,14-15,19-20H2,1-4H3,(H,37,42);4H2,1-3H3;/q;-1;/p-1/t25-,30-,33?;;/m0../s1. The number of carbonyl (C=O) groups excluding carboxylic acids is 3. The van der Waals surface area contributed by atoms with Crippen LogP contribution in [-0.2, 0) is 42.2 Å². The summed E-state index contributed by atoms with van der Waals surface area (Å²) in [5.74, 6) is 1.37. The molecule has 2 fully saturated rings. The molecule has 4 aliphatic heterocycles. The number of fused-ring (bicyclic) bond motifs is 4. The van der Waals surface area contributed by atoms with E-state index < -0.39 is 6.23 Å². The van der Waals surface area contributed by atoms with E-state index in [9.17, 15) is 19.5 Å². The van der Waals surface area contributed by atoms with Gasteiger partial charge in [0.25, 0.3) is 11.8 Å². The average molecular weight is 834 g/mol. The van der Waals surface area contributed by atoms with Gasteiger partial charge in [0, 0.05) is 80.7 Å². The Hall–Kier alpha value is -3.19. The predicted octanol–water partition coefficient (Wildman–Crippen LogP) is 7.52. The maximum absolute atomic E-state index is 13.3. The summed E-state index contributed by atoms with van der Waals surface area (Å²) in [5, 5.41) is 15.3. The number of aliphatic imine (C=N–C) groups is 1. The molecule has 2 amide bonds. The summed E-state index contributed by atoms with van der Waals surface area (Å²) >= 11 is 1.66. The normalized spacial score (nSPS) is 21.4. The average Bonchev–Trinajstić information content (AvgIpc) is 3.74. The molecule has 4 aliphatic rings. The molecule has 54 heavy (non-hydrogen) atoms. The molecule has 0 spiro atoms. The quantitative estimate of drug-likeness (QED) is 0.132. The Morgan fingerprint density at radius 1 is 0.926 bits per heavy atom. The zero-order valence-corrected chi connectivity index (χ0v) is 36.2. The van der Waals surface area contributed by atoms with Gasteiger partial charge in [-0.1, -0.05) is 29.8 Å². The van der Waals surface area contributed by atoms with E-state index in [1.807, 2.05) is 83.2 Å². The molecule has 0 bridgehead atoms. The van der Waals surface area contributed by atoms with Crippen molar-refractivity contribution in [1.82, 2.24) is 9.80 Å². The van der Waals surface area contributed by atoms with Crippen LogP contribution in [-0.4, -0.2) is 102 Å². The van der Waals surface area contributed by atoms with Crippen LogP contribution in [0.15, 0.2) is 52.6 Å². The molecule has 1 N–H and O–H groups in total. The Morgan fingerprint density at radius 3 is 2.15 bits per heavy atom. The Labute approximate surface area is 349 Å². The van der Waals surface area contributed by atoms with Crippen molar-refractivity contribution in [2.24, 2.45) is 4.99 Å². The van der Waals surface area contributed by atoms with E-state index in [0.717, 1.165) is 48.1 Å². The summed E-state index contributed by atoms with van der Waals surface area (Å²) < 4.78 is 16.7. The van der Waals surface area contributed by atoms with Crippen LogP contribution in [0.1, 0.15) is 91.6 Å². The SMILES string of the molecule is CC=C1C[C@H]2C=Nc3cc(OCCCCCOc4cc5c(cc4C)C(=O)N4CC(=CC)C[C@H]4C(O)[N-]5)c(C)cc3C(=O)N2C1.CSC(C)(C)CO[C-]=O.[Y]. The molecule has 1 radical (unpaired) electrons. The summed E-state index contributed by atoms with van der Waals surface area (Å²) in [5.41, 5.74) is 6.50. The number of allylic oxidation sites excluding steroid dienone is 2. The van der Waals surface area contributed by atoms with Crippen molar-refractivity contribution in [2.75, 3.05) is 39.2 Å². The van der Waals surface area contributed by atoms with Crippen LogP contribution in [0.25, 0.3) is 5.32 Å². The topological polar surface area (TPSA) is 132 Å². The fraction of sp³-hybridized carbons (Fsp3) is 0.512. The molecule has 2 saturated heterocycles. The van der Waals surface area contributed by atoms with E-state index in [0.29, 0.717) is 67.6 Å². The third kappa shape index (κ3) is 10.4. The van der Waals surface area contributed by atoms with Gasteiger partial charge >= 0.3 is 0 Å². The van der Waals surface area contributed by atoms with Gasteiger partial charge in [0.05, 0.1) is 37.1 Å². The predicted molar refractivity (Wildman–Crippen MR) is 210 cm³/mol. The van der Waals surface area contributed by atoms with Gasteiger partial charge in [-0.05, 0) is 109 Å². The maximum atomic E-state index is 13.3. The van der Waals surface area contributed by atoms with Gasteiger partial charge in [0.2, 0.25) is 0 Å². The zero-order valence-electron chi connectivity index (χ0n) is 32.5. The first-order valence-electron chi connectivity index (χ1n) is 18.3. The summed E-state index contributed by atoms with van der Waals surface area (Å²) in [6.45, 7) is 16.0. The first-order valence-corrected chi connectivity index (χ1v) is 19.5. The molecule has 6 rings (SSSR count). The molecule has 13 heteroatoms. The molecule has 4 heterocycles. The molecule has 289 valence electrons. The van der Waals surface area contributed by atoms with Gasteiger partial charge in [-0.25, -0.2) is 0 Å². The van der Waals surface area contributed by atoms with E-state index in [2.05, 4.69) is 21.1 Å². The second-order valence-corrected chi connectivity index (χ2v) is 16.0. The van der Waals surface area contributed by atoms with E-state index >= 15 is 0 Å². The van der Waals surface area contributed by atoms with Crippen molar-refractivity contribution >= 4 is 47.6 Å². The molecule has 2 aromatic carbocycles. The number of aryl methyl sites for hydroxylation is 2. The fourth-order valence-corrected chi connectivity index (χ4v) is 6.93. The summed E-state index contributed by atoms with van der Waals surface area (Å²) in [7, 11) is 0. The number of unbranched alkanes of at least 4 members (excludes halogenated alkanes) is 2. The number of aliphatic hydroxyl groups is 1. The van der Waals surface area contributed by atoms with Gasteiger partial charge in [0.1, 0.15) is 11.5 Å². The minimum Gasteiger partial charge on any atom is -0.658 e. The van der Waals surface area contributed by atoms with Crippen LogP contribution in [0.3, 0.4) is 0 Å². The van der Waals surface area contributed by atoms with Gasteiger partial charge in [0.15, 0.2) is 0 Å². The second-order valence-electron chi connectivity index (χ2n) is 14.5. The second kappa shape index (κ2) is 19.6. The van der Waals surface area contributed by atoms with Gasteiger partial charge in [-0.3, -0.25) is 14.6 Å². The summed E-state index contributed by atoms with van der Waals surface area (Å²) in [6.07, 6.45) is 11.1. The number of aliphatic hydroxyl groups excluding tert-OH is 1. The molecule has 3 atom stereocenters. The Morgan fingerprint density at radius 2 is 1.52 bits per heavy atom. The summed E-state index contributed by atoms with van der Waals surface area (Å²) in [4.78, 5) is 44.4. The van der Waals surface area contributed by atoms with Crippen molar-refractivity contribution < 1.29 is 66.4 Å². The minimum absolute atomic E-state index is 0. The first-order chi connectivity index (χ1) is 25.4. The number of hydrogen-bond donors (Lipinski definition) is 1. The Kier molecular flexibility index (Phi) is 15.8. The molecule has 11 nitrogen and oxygen atoms in total. The van der Waals surface area contributed by atoms with E-state index in [4.69, 9.17) is 9.47 Å². The van der Waals surface area contributed by atoms with Gasteiger partial charge in [-0.2, -0.15) is 11.8 Å². The Bertz CT molecular complexity index is 1780. The molecule has 0 saturated carbocycles. The van der Waals surface area contributed by atoms with Gasteiger partial charge < -0.3 is 39.2 Å². The molecular weight excluding hydrogens is 781 g/mol. The van der Waals surface area contributed by atoms with E-state index in [1.165, 1.54) is 12.0 Å². The third-order valence-corrected chi connectivity index (χ3v) is 11.4. The number of ether oxygens (including phenoxy) is 3. The van der Waals surface area contributed by atoms with Crippen molar-refractivity contribution in [3.63, 3.8) is 0 Å². The number of thioether (sulfide) groups is 1. The Balaban J connectivity index is 0.000000579. The van der Waals surface area contributed by atoms with Crippen LogP contribution in [0, 0.1) is 13.8 Å². The number of amides is 2. The molecule has 0 aliphatic carbocycles. The number of carbonyl (C=O) groups is 2. The zero-order chi connectivity index (χ0) is 38.3. The van der Waals surface area contributed by atoms with Crippen molar-refractivity contribution in [3.8, 4) is 11.5 Å². The van der Waals surface area contributed by atoms with E-state index in [-0.39, 0.29) is 61.4 Å². The molecular formula is C41H52N4O7SY-2. The number of benzene rings is 2. The minimum atomic E-state index is -0.965. The van der Waals surface area contributed by atoms with Crippen LogP contribution in [0.2, 0.25) is 0 Å². The number of rotatable bonds is 12. The number of nitrogens with zero attached hydrogens (tertiary/aromatic N) is 4. The van der Waals surface area contributed by atoms with Crippen LogP contribution < -0.4 is 9.47 Å². The van der Waals surface area contributed by atoms with Crippen molar-refractivity contribution in [3.05, 3.63) is 75.1 Å². The van der Waals surface area contributed by atoms with Crippen molar-refractivity contribution in [2.45, 2.75) is 96.7 Å². The third-order valence-electron chi connectivity index (χ3n) is 10.2. The van der Waals surface area contributed by atoms with E-state index in [1.54, 1.807) is 22.7 Å². The van der Waals surface area contributed by atoms with Crippen molar-refractivity contribution in [1.29, 1.82) is 0 Å². The smallest absolute Gasteiger partial charge is 0.256 e. The van der Waals surface area contributed by atoms with Crippen LogP contribution in [0.5, 0.6) is 11.5 Å². The largest absolute Gasteiger partial charge is 0.658 e. The molecule has 1 unspecified atom stereocenters. The fourth-order valence-electron chi connectivity index (χ4n) is 6.76. The molecule has 0 aromatic heterocycles.